The zero-order valence-electron chi connectivity index (χ0n) is 10.8. The van der Waals surface area contributed by atoms with E-state index < -0.39 is 17.7 Å². The molecule has 1 aliphatic rings. The van der Waals surface area contributed by atoms with Crippen LogP contribution in [-0.4, -0.2) is 30.8 Å². The molecule has 6 heteroatoms. The number of esters is 1. The molecule has 0 aliphatic carbocycles. The second-order valence-electron chi connectivity index (χ2n) is 4.21. The summed E-state index contributed by atoms with van der Waals surface area (Å²) in [4.78, 5) is 36.6. The number of rotatable bonds is 4. The molecule has 0 saturated carbocycles. The standard InChI is InChI=1S/C14H12BrNO4/c1-3-20-14(19)8(2)7-16-11-6-9(15)4-5-10(11)12(17)13(16)18/h4-6H,2-3,7H2,1H3. The van der Waals surface area contributed by atoms with E-state index in [0.29, 0.717) is 11.3 Å². The van der Waals surface area contributed by atoms with Crippen LogP contribution >= 0.6 is 15.9 Å². The first-order valence-electron chi connectivity index (χ1n) is 5.96. The molecular weight excluding hydrogens is 326 g/mol. The summed E-state index contributed by atoms with van der Waals surface area (Å²) in [6.07, 6.45) is 0. The van der Waals surface area contributed by atoms with Gasteiger partial charge in [0.05, 0.1) is 24.4 Å². The van der Waals surface area contributed by atoms with Crippen molar-refractivity contribution in [3.63, 3.8) is 0 Å². The lowest BCUT2D eigenvalue weighted by Gasteiger charge is -2.17. The summed E-state index contributed by atoms with van der Waals surface area (Å²) in [5.41, 5.74) is 0.926. The van der Waals surface area contributed by atoms with Gasteiger partial charge in [0.1, 0.15) is 0 Å². The normalized spacial score (nSPS) is 13.4. The van der Waals surface area contributed by atoms with E-state index in [2.05, 4.69) is 22.5 Å². The van der Waals surface area contributed by atoms with Crippen molar-refractivity contribution in [3.8, 4) is 0 Å². The lowest BCUT2D eigenvalue weighted by atomic mass is 10.1. The van der Waals surface area contributed by atoms with Crippen molar-refractivity contribution in [3.05, 3.63) is 40.4 Å². The lowest BCUT2D eigenvalue weighted by Crippen LogP contribution is -2.33. The minimum absolute atomic E-state index is 0.0626. The molecule has 0 spiro atoms. The van der Waals surface area contributed by atoms with Crippen molar-refractivity contribution in [2.45, 2.75) is 6.92 Å². The Labute approximate surface area is 124 Å². The Morgan fingerprint density at radius 3 is 2.75 bits per heavy atom. The summed E-state index contributed by atoms with van der Waals surface area (Å²) in [5, 5.41) is 0. The molecule has 0 saturated heterocycles. The van der Waals surface area contributed by atoms with Crippen molar-refractivity contribution in [1.82, 2.24) is 0 Å². The maximum absolute atomic E-state index is 12.0. The van der Waals surface area contributed by atoms with Crippen LogP contribution < -0.4 is 4.90 Å². The van der Waals surface area contributed by atoms with Gasteiger partial charge in [-0.1, -0.05) is 22.5 Å². The van der Waals surface area contributed by atoms with Crippen LogP contribution in [0.2, 0.25) is 0 Å². The Bertz CT molecular complexity index is 624. The van der Waals surface area contributed by atoms with Gasteiger partial charge in [-0.3, -0.25) is 9.59 Å². The Balaban J connectivity index is 2.28. The van der Waals surface area contributed by atoms with Gasteiger partial charge in [0.25, 0.3) is 11.7 Å². The van der Waals surface area contributed by atoms with E-state index in [9.17, 15) is 14.4 Å². The summed E-state index contributed by atoms with van der Waals surface area (Å²) in [7, 11) is 0. The van der Waals surface area contributed by atoms with E-state index in [0.717, 1.165) is 4.47 Å². The van der Waals surface area contributed by atoms with Gasteiger partial charge >= 0.3 is 5.97 Å². The number of anilines is 1. The number of carbonyl (C=O) groups excluding carboxylic acids is 3. The summed E-state index contributed by atoms with van der Waals surface area (Å²) in [6.45, 7) is 5.45. The molecular formula is C14H12BrNO4. The quantitative estimate of drug-likeness (QED) is 0.479. The van der Waals surface area contributed by atoms with Crippen LogP contribution in [0.4, 0.5) is 5.69 Å². The fourth-order valence-corrected chi connectivity index (χ4v) is 2.26. The van der Waals surface area contributed by atoms with Crippen molar-refractivity contribution in [2.75, 3.05) is 18.1 Å². The van der Waals surface area contributed by atoms with E-state index in [4.69, 9.17) is 4.74 Å². The largest absolute Gasteiger partial charge is 0.463 e. The van der Waals surface area contributed by atoms with Gasteiger partial charge in [0.15, 0.2) is 0 Å². The molecule has 0 atom stereocenters. The summed E-state index contributed by atoms with van der Waals surface area (Å²) in [6, 6.07) is 4.93. The Kier molecular flexibility index (Phi) is 4.04. The zero-order valence-corrected chi connectivity index (χ0v) is 12.4. The Hall–Kier alpha value is -1.95. The summed E-state index contributed by atoms with van der Waals surface area (Å²) < 4.78 is 5.56. The van der Waals surface area contributed by atoms with Gasteiger partial charge in [0.2, 0.25) is 0 Å². The molecule has 0 N–H and O–H groups in total. The number of fused-ring (bicyclic) bond motifs is 1. The van der Waals surface area contributed by atoms with Crippen LogP contribution in [0.3, 0.4) is 0 Å². The lowest BCUT2D eigenvalue weighted by molar-refractivity contribution is -0.138. The second kappa shape index (κ2) is 5.58. The number of carbonyl (C=O) groups is 3. The number of amides is 1. The summed E-state index contributed by atoms with van der Waals surface area (Å²) in [5.74, 6) is -1.82. The van der Waals surface area contributed by atoms with Crippen LogP contribution in [0.5, 0.6) is 0 Å². The highest BCUT2D eigenvalue weighted by molar-refractivity contribution is 9.10. The molecule has 0 bridgehead atoms. The molecule has 20 heavy (non-hydrogen) atoms. The maximum atomic E-state index is 12.0. The maximum Gasteiger partial charge on any atom is 0.335 e. The molecule has 1 aromatic rings. The number of halogens is 1. The molecule has 1 heterocycles. The fourth-order valence-electron chi connectivity index (χ4n) is 1.91. The highest BCUT2D eigenvalue weighted by Gasteiger charge is 2.36. The minimum Gasteiger partial charge on any atom is -0.463 e. The smallest absolute Gasteiger partial charge is 0.335 e. The first-order chi connectivity index (χ1) is 9.45. The van der Waals surface area contributed by atoms with Crippen molar-refractivity contribution in [1.29, 1.82) is 0 Å². The average Bonchev–Trinajstić information content (AvgIpc) is 2.64. The van der Waals surface area contributed by atoms with Crippen LogP contribution in [0.15, 0.2) is 34.8 Å². The molecule has 0 radical (unpaired) electrons. The van der Waals surface area contributed by atoms with Crippen molar-refractivity contribution >= 4 is 39.3 Å². The van der Waals surface area contributed by atoms with E-state index in [1.54, 1.807) is 25.1 Å². The molecule has 104 valence electrons. The van der Waals surface area contributed by atoms with Gasteiger partial charge in [-0.25, -0.2) is 4.79 Å². The zero-order chi connectivity index (χ0) is 14.9. The van der Waals surface area contributed by atoms with Gasteiger partial charge in [0, 0.05) is 10.0 Å². The van der Waals surface area contributed by atoms with E-state index in [-0.39, 0.29) is 18.7 Å². The van der Waals surface area contributed by atoms with Crippen LogP contribution in [0, 0.1) is 0 Å². The Morgan fingerprint density at radius 1 is 1.40 bits per heavy atom. The predicted molar refractivity (Wildman–Crippen MR) is 76.6 cm³/mol. The molecule has 0 aromatic heterocycles. The van der Waals surface area contributed by atoms with E-state index in [1.165, 1.54) is 4.90 Å². The predicted octanol–water partition coefficient (Wildman–Crippen LogP) is 2.10. The highest BCUT2D eigenvalue weighted by Crippen LogP contribution is 2.32. The van der Waals surface area contributed by atoms with E-state index >= 15 is 0 Å². The molecule has 2 rings (SSSR count). The Morgan fingerprint density at radius 2 is 2.10 bits per heavy atom. The fraction of sp³-hybridized carbons (Fsp3) is 0.214. The number of nitrogens with zero attached hydrogens (tertiary/aromatic N) is 1. The minimum atomic E-state index is -0.663. The topological polar surface area (TPSA) is 63.7 Å². The number of benzene rings is 1. The highest BCUT2D eigenvalue weighted by atomic mass is 79.9. The number of Topliss-reactive ketones (excluding diaryl/α,β-unsaturated/α-hetero) is 1. The molecule has 1 aliphatic heterocycles. The van der Waals surface area contributed by atoms with Gasteiger partial charge in [-0.15, -0.1) is 0 Å². The van der Waals surface area contributed by atoms with Crippen molar-refractivity contribution < 1.29 is 19.1 Å². The number of ketones is 1. The third-order valence-electron chi connectivity index (χ3n) is 2.85. The first kappa shape index (κ1) is 14.5. The van der Waals surface area contributed by atoms with Gasteiger partial charge in [-0.05, 0) is 25.1 Å². The average molecular weight is 338 g/mol. The third-order valence-corrected chi connectivity index (χ3v) is 3.34. The molecule has 1 aromatic carbocycles. The molecule has 5 nitrogen and oxygen atoms in total. The number of hydrogen-bond donors (Lipinski definition) is 0. The molecule has 0 fully saturated rings. The first-order valence-corrected chi connectivity index (χ1v) is 6.75. The van der Waals surface area contributed by atoms with E-state index in [1.807, 2.05) is 0 Å². The monoisotopic (exact) mass is 337 g/mol. The molecule has 1 amide bonds. The number of hydrogen-bond acceptors (Lipinski definition) is 4. The van der Waals surface area contributed by atoms with Gasteiger partial charge in [-0.2, -0.15) is 0 Å². The third kappa shape index (κ3) is 2.51. The van der Waals surface area contributed by atoms with Crippen LogP contribution in [-0.2, 0) is 14.3 Å². The number of ether oxygens (including phenoxy) is 1. The van der Waals surface area contributed by atoms with Gasteiger partial charge < -0.3 is 9.64 Å². The second-order valence-corrected chi connectivity index (χ2v) is 5.12. The van der Waals surface area contributed by atoms with Crippen molar-refractivity contribution in [2.24, 2.45) is 0 Å². The van der Waals surface area contributed by atoms with Crippen LogP contribution in [0.25, 0.3) is 0 Å². The molecule has 0 unspecified atom stereocenters. The van der Waals surface area contributed by atoms with Crippen LogP contribution in [0.1, 0.15) is 17.3 Å². The SMILES string of the molecule is C=C(CN1C(=O)C(=O)c2ccc(Br)cc21)C(=O)OCC. The summed E-state index contributed by atoms with van der Waals surface area (Å²) >= 11 is 3.29.